The Morgan fingerprint density at radius 1 is 0.958 bits per heavy atom. The highest BCUT2D eigenvalue weighted by Gasteiger charge is 2.11. The van der Waals surface area contributed by atoms with E-state index in [9.17, 15) is 0 Å². The summed E-state index contributed by atoms with van der Waals surface area (Å²) in [6.45, 7) is 0.767. The molecule has 0 saturated carbocycles. The van der Waals surface area contributed by atoms with Gasteiger partial charge in [0.05, 0.1) is 24.9 Å². The number of benzene rings is 2. The summed E-state index contributed by atoms with van der Waals surface area (Å²) in [6, 6.07) is 20.8. The van der Waals surface area contributed by atoms with Gasteiger partial charge in [0.25, 0.3) is 0 Å². The van der Waals surface area contributed by atoms with Gasteiger partial charge in [0.2, 0.25) is 0 Å². The fourth-order valence-corrected chi connectivity index (χ4v) is 2.55. The summed E-state index contributed by atoms with van der Waals surface area (Å²) in [6.07, 6.45) is 4.49. The van der Waals surface area contributed by atoms with Gasteiger partial charge in [-0.3, -0.25) is 0 Å². The lowest BCUT2D eigenvalue weighted by Gasteiger charge is -2.08. The third kappa shape index (κ3) is 4.10. The van der Waals surface area contributed by atoms with Gasteiger partial charge >= 0.3 is 0 Å². The lowest BCUT2D eigenvalue weighted by atomic mass is 10.1. The van der Waals surface area contributed by atoms with Gasteiger partial charge < -0.3 is 9.47 Å². The Morgan fingerprint density at radius 3 is 2.21 bits per heavy atom. The van der Waals surface area contributed by atoms with Crippen LogP contribution in [0.4, 0.5) is 5.82 Å². The highest BCUT2D eigenvalue weighted by atomic mass is 15.2. The fraction of sp³-hybridized carbons (Fsp3) is 0.200. The van der Waals surface area contributed by atoms with Crippen LogP contribution in [0.15, 0.2) is 72.0 Å². The van der Waals surface area contributed by atoms with E-state index in [1.54, 1.807) is 0 Å². The molecule has 1 aromatic heterocycles. The van der Waals surface area contributed by atoms with Crippen LogP contribution in [0.1, 0.15) is 16.8 Å². The van der Waals surface area contributed by atoms with Crippen LogP contribution < -0.4 is 0 Å². The number of hydrogen-bond acceptors (Lipinski definition) is 2. The lowest BCUT2D eigenvalue weighted by Crippen LogP contribution is -2.08. The molecule has 3 rings (SSSR count). The number of rotatable bonds is 6. The first-order valence-electron chi connectivity index (χ1n) is 8.05. The first kappa shape index (κ1) is 16.0. The van der Waals surface area contributed by atoms with Crippen molar-refractivity contribution < 1.29 is 0 Å². The van der Waals surface area contributed by atoms with E-state index < -0.39 is 0 Å². The molecule has 0 fully saturated rings. The number of aliphatic imine (C=N–C) groups is 1. The van der Waals surface area contributed by atoms with Crippen molar-refractivity contribution in [3.8, 4) is 0 Å². The molecular formula is C20H22N4. The Bertz CT molecular complexity index is 730. The van der Waals surface area contributed by atoms with Crippen LogP contribution in [0.3, 0.4) is 0 Å². The molecule has 24 heavy (non-hydrogen) atoms. The molecular weight excluding hydrogens is 296 g/mol. The third-order valence-electron chi connectivity index (χ3n) is 3.70. The van der Waals surface area contributed by atoms with Gasteiger partial charge in [-0.05, 0) is 11.1 Å². The SMILES string of the molecule is CN(C)/C=N/c1c(Cc2ccccc2)ncn1Cc1ccccc1. The molecule has 0 spiro atoms. The van der Waals surface area contributed by atoms with E-state index in [1.165, 1.54) is 11.1 Å². The molecule has 0 amide bonds. The smallest absolute Gasteiger partial charge is 0.157 e. The standard InChI is InChI=1S/C20H22N4/c1-23(2)15-22-20-19(13-17-9-5-3-6-10-17)21-16-24(20)14-18-11-7-4-8-12-18/h3-12,15-16H,13-14H2,1-2H3/b22-15+. The van der Waals surface area contributed by atoms with Crippen molar-refractivity contribution in [1.29, 1.82) is 0 Å². The molecule has 0 N–H and O–H groups in total. The molecule has 0 aliphatic carbocycles. The van der Waals surface area contributed by atoms with Crippen molar-refractivity contribution in [2.24, 2.45) is 4.99 Å². The molecule has 0 aliphatic rings. The lowest BCUT2D eigenvalue weighted by molar-refractivity contribution is 0.641. The van der Waals surface area contributed by atoms with Crippen LogP contribution in [0, 0.1) is 0 Å². The molecule has 122 valence electrons. The molecule has 0 bridgehead atoms. The van der Waals surface area contributed by atoms with Crippen molar-refractivity contribution in [2.45, 2.75) is 13.0 Å². The van der Waals surface area contributed by atoms with Crippen LogP contribution in [-0.2, 0) is 13.0 Å². The number of nitrogens with zero attached hydrogens (tertiary/aromatic N) is 4. The molecule has 2 aromatic carbocycles. The van der Waals surface area contributed by atoms with E-state index in [4.69, 9.17) is 0 Å². The van der Waals surface area contributed by atoms with E-state index in [1.807, 2.05) is 43.8 Å². The average Bonchev–Trinajstić information content (AvgIpc) is 2.96. The molecule has 1 heterocycles. The van der Waals surface area contributed by atoms with Crippen LogP contribution >= 0.6 is 0 Å². The molecule has 3 aromatic rings. The van der Waals surface area contributed by atoms with Gasteiger partial charge in [0.15, 0.2) is 5.82 Å². The van der Waals surface area contributed by atoms with Crippen molar-refractivity contribution in [3.05, 3.63) is 83.8 Å². The van der Waals surface area contributed by atoms with Crippen LogP contribution in [0.2, 0.25) is 0 Å². The molecule has 0 saturated heterocycles. The Labute approximate surface area is 143 Å². The minimum atomic E-state index is 0.767. The monoisotopic (exact) mass is 318 g/mol. The predicted octanol–water partition coefficient (Wildman–Crippen LogP) is 3.74. The number of aromatic nitrogens is 2. The zero-order chi connectivity index (χ0) is 16.8. The van der Waals surface area contributed by atoms with E-state index >= 15 is 0 Å². The quantitative estimate of drug-likeness (QED) is 0.512. The van der Waals surface area contributed by atoms with Crippen LogP contribution in [0.25, 0.3) is 0 Å². The van der Waals surface area contributed by atoms with Crippen LogP contribution in [-0.4, -0.2) is 34.9 Å². The number of imidazole rings is 1. The third-order valence-corrected chi connectivity index (χ3v) is 3.70. The molecule has 0 atom stereocenters. The summed E-state index contributed by atoms with van der Waals surface area (Å²) >= 11 is 0. The summed E-state index contributed by atoms with van der Waals surface area (Å²) in [5, 5.41) is 0. The van der Waals surface area contributed by atoms with Gasteiger partial charge in [-0.1, -0.05) is 60.7 Å². The minimum Gasteiger partial charge on any atom is -0.369 e. The predicted molar refractivity (Wildman–Crippen MR) is 98.9 cm³/mol. The summed E-state index contributed by atoms with van der Waals surface area (Å²) in [5.74, 6) is 0.913. The van der Waals surface area contributed by atoms with Crippen molar-refractivity contribution in [3.63, 3.8) is 0 Å². The van der Waals surface area contributed by atoms with Gasteiger partial charge in [-0.25, -0.2) is 9.98 Å². The maximum absolute atomic E-state index is 4.66. The van der Waals surface area contributed by atoms with E-state index in [0.29, 0.717) is 0 Å². The first-order chi connectivity index (χ1) is 11.7. The summed E-state index contributed by atoms with van der Waals surface area (Å²) in [7, 11) is 3.94. The van der Waals surface area contributed by atoms with Crippen molar-refractivity contribution >= 4 is 12.2 Å². The highest BCUT2D eigenvalue weighted by molar-refractivity contribution is 5.60. The zero-order valence-electron chi connectivity index (χ0n) is 14.1. The average molecular weight is 318 g/mol. The summed E-state index contributed by atoms with van der Waals surface area (Å²) in [5.41, 5.74) is 3.47. The van der Waals surface area contributed by atoms with Gasteiger partial charge in [0, 0.05) is 20.5 Å². The maximum Gasteiger partial charge on any atom is 0.157 e. The van der Waals surface area contributed by atoms with Gasteiger partial charge in [0.1, 0.15) is 0 Å². The molecule has 4 nitrogen and oxygen atoms in total. The highest BCUT2D eigenvalue weighted by Crippen LogP contribution is 2.22. The fourth-order valence-electron chi connectivity index (χ4n) is 2.55. The minimum absolute atomic E-state index is 0.767. The van der Waals surface area contributed by atoms with E-state index in [2.05, 4.69) is 63.1 Å². The zero-order valence-corrected chi connectivity index (χ0v) is 14.1. The second-order valence-corrected chi connectivity index (χ2v) is 6.00. The topological polar surface area (TPSA) is 33.4 Å². The van der Waals surface area contributed by atoms with Gasteiger partial charge in [-0.15, -0.1) is 0 Å². The molecule has 4 heteroatoms. The summed E-state index contributed by atoms with van der Waals surface area (Å²) in [4.78, 5) is 11.2. The van der Waals surface area contributed by atoms with Crippen molar-refractivity contribution in [1.82, 2.24) is 14.5 Å². The largest absolute Gasteiger partial charge is 0.369 e. The second-order valence-electron chi connectivity index (χ2n) is 6.00. The Morgan fingerprint density at radius 2 is 1.58 bits per heavy atom. The Hall–Kier alpha value is -2.88. The first-order valence-corrected chi connectivity index (χ1v) is 8.05. The van der Waals surface area contributed by atoms with Gasteiger partial charge in [-0.2, -0.15) is 0 Å². The van der Waals surface area contributed by atoms with E-state index in [-0.39, 0.29) is 0 Å². The second kappa shape index (κ2) is 7.59. The summed E-state index contributed by atoms with van der Waals surface area (Å²) < 4.78 is 2.10. The Kier molecular flexibility index (Phi) is 5.06. The van der Waals surface area contributed by atoms with Crippen molar-refractivity contribution in [2.75, 3.05) is 14.1 Å². The molecule has 0 aliphatic heterocycles. The van der Waals surface area contributed by atoms with E-state index in [0.717, 1.165) is 24.5 Å². The molecule has 0 radical (unpaired) electrons. The van der Waals surface area contributed by atoms with Crippen LogP contribution in [0.5, 0.6) is 0 Å². The normalized spacial score (nSPS) is 11.1. The molecule has 0 unspecified atom stereocenters. The Balaban J connectivity index is 1.91. The maximum atomic E-state index is 4.66. The number of hydrogen-bond donors (Lipinski definition) is 0.